The molecule has 2 aromatic carbocycles. The molecule has 7 nitrogen and oxygen atoms in total. The number of rotatable bonds is 6. The van der Waals surface area contributed by atoms with Crippen LogP contribution < -0.4 is 5.43 Å². The lowest BCUT2D eigenvalue weighted by Gasteiger charge is -2.11. The molecule has 2 heterocycles. The highest BCUT2D eigenvalue weighted by atomic mass is 35.5. The van der Waals surface area contributed by atoms with Crippen LogP contribution in [0.15, 0.2) is 83.0 Å². The van der Waals surface area contributed by atoms with Crippen LogP contribution in [0.3, 0.4) is 0 Å². The van der Waals surface area contributed by atoms with Crippen molar-refractivity contribution >= 4 is 29.2 Å². The summed E-state index contributed by atoms with van der Waals surface area (Å²) in [6, 6.07) is 14.9. The van der Waals surface area contributed by atoms with Crippen molar-refractivity contribution in [3.05, 3.63) is 99.9 Å². The molecule has 0 radical (unpaired) electrons. The van der Waals surface area contributed by atoms with Gasteiger partial charge >= 0.3 is 0 Å². The Kier molecular flexibility index (Phi) is 5.81. The van der Waals surface area contributed by atoms with Crippen LogP contribution in [0.2, 0.25) is 5.02 Å². The molecule has 0 saturated heterocycles. The molecule has 0 spiro atoms. The van der Waals surface area contributed by atoms with Gasteiger partial charge in [0.1, 0.15) is 5.69 Å². The van der Waals surface area contributed by atoms with Crippen LogP contribution in [0.25, 0.3) is 11.4 Å². The minimum Gasteiger partial charge on any atom is -0.313 e. The first-order valence-corrected chi connectivity index (χ1v) is 9.65. The van der Waals surface area contributed by atoms with E-state index in [-0.39, 0.29) is 23.2 Å². The summed E-state index contributed by atoms with van der Waals surface area (Å²) in [5, 5.41) is 16.3. The van der Waals surface area contributed by atoms with E-state index >= 15 is 0 Å². The topological polar surface area (TPSA) is 88.9 Å². The Bertz CT molecular complexity index is 1330. The van der Waals surface area contributed by atoms with Gasteiger partial charge in [-0.3, -0.25) is 9.79 Å². The smallest absolute Gasteiger partial charge is 0.209 e. The molecule has 4 aromatic rings. The third-order valence-corrected chi connectivity index (χ3v) is 4.59. The normalized spacial score (nSPS) is 11.5. The molecule has 0 amide bonds. The van der Waals surface area contributed by atoms with E-state index in [9.17, 15) is 9.18 Å². The largest absolute Gasteiger partial charge is 0.313 e. The molecule has 0 aliphatic heterocycles. The molecular formula is C22H16ClFN6O. The molecule has 0 saturated carbocycles. The Labute approximate surface area is 181 Å². The minimum atomic E-state index is -0.556. The van der Waals surface area contributed by atoms with Gasteiger partial charge in [0.2, 0.25) is 5.43 Å². The van der Waals surface area contributed by atoms with E-state index < -0.39 is 5.82 Å². The summed E-state index contributed by atoms with van der Waals surface area (Å²) in [6.45, 7) is 0. The van der Waals surface area contributed by atoms with E-state index in [4.69, 9.17) is 17.0 Å². The van der Waals surface area contributed by atoms with Gasteiger partial charge in [-0.15, -0.1) is 0 Å². The van der Waals surface area contributed by atoms with E-state index in [2.05, 4.69) is 15.2 Å². The second-order valence-electron chi connectivity index (χ2n) is 6.51. The Morgan fingerprint density at radius 3 is 2.65 bits per heavy atom. The molecular weight excluding hydrogens is 419 g/mol. The van der Waals surface area contributed by atoms with E-state index in [0.717, 1.165) is 6.21 Å². The van der Waals surface area contributed by atoms with Crippen molar-refractivity contribution in [2.75, 3.05) is 0 Å². The molecule has 0 aliphatic rings. The highest BCUT2D eigenvalue weighted by molar-refractivity contribution is 6.30. The highest BCUT2D eigenvalue weighted by Gasteiger charge is 2.14. The molecule has 4 rings (SSSR count). The predicted molar refractivity (Wildman–Crippen MR) is 118 cm³/mol. The molecule has 1 N–H and O–H groups in total. The van der Waals surface area contributed by atoms with Crippen LogP contribution in [0.1, 0.15) is 12.1 Å². The number of aromatic nitrogens is 4. The molecule has 0 bridgehead atoms. The van der Waals surface area contributed by atoms with Crippen LogP contribution in [-0.4, -0.2) is 31.5 Å². The van der Waals surface area contributed by atoms with E-state index in [1.54, 1.807) is 24.4 Å². The van der Waals surface area contributed by atoms with E-state index in [1.165, 1.54) is 40.0 Å². The summed E-state index contributed by atoms with van der Waals surface area (Å²) in [5.74, 6) is -0.556. The highest BCUT2D eigenvalue weighted by Crippen LogP contribution is 2.19. The molecule has 0 atom stereocenters. The van der Waals surface area contributed by atoms with Gasteiger partial charge in [-0.25, -0.2) is 13.8 Å². The summed E-state index contributed by atoms with van der Waals surface area (Å²) >= 11 is 5.87. The predicted octanol–water partition coefficient (Wildman–Crippen LogP) is 4.37. The van der Waals surface area contributed by atoms with Gasteiger partial charge in [-0.1, -0.05) is 29.8 Å². The number of para-hydroxylation sites is 1. The summed E-state index contributed by atoms with van der Waals surface area (Å²) < 4.78 is 17.6. The lowest BCUT2D eigenvalue weighted by atomic mass is 10.2. The first-order chi connectivity index (χ1) is 15.0. The summed E-state index contributed by atoms with van der Waals surface area (Å²) in [4.78, 5) is 17.0. The van der Waals surface area contributed by atoms with Crippen LogP contribution in [-0.2, 0) is 0 Å². The standard InChI is InChI=1S/C22H16ClFN6O/c23-15-13-26-30(14-15)17-6-7-20(18(24)12-17)29-11-9-21(31)22(28-29)19(8-10-25)27-16-4-2-1-3-5-16/h1-7,9-14,25H,8H2. The second-order valence-corrected chi connectivity index (χ2v) is 6.95. The van der Waals surface area contributed by atoms with E-state index in [0.29, 0.717) is 22.1 Å². The van der Waals surface area contributed by atoms with Crippen molar-refractivity contribution in [2.24, 2.45) is 4.99 Å². The summed E-state index contributed by atoms with van der Waals surface area (Å²) in [7, 11) is 0. The third kappa shape index (κ3) is 4.49. The average molecular weight is 435 g/mol. The first-order valence-electron chi connectivity index (χ1n) is 9.27. The Morgan fingerprint density at radius 2 is 1.97 bits per heavy atom. The van der Waals surface area contributed by atoms with Crippen molar-refractivity contribution in [1.29, 1.82) is 5.41 Å². The van der Waals surface area contributed by atoms with Crippen LogP contribution in [0.5, 0.6) is 0 Å². The first kappa shape index (κ1) is 20.4. The minimum absolute atomic E-state index is 0.0530. The van der Waals surface area contributed by atoms with Crippen molar-refractivity contribution in [1.82, 2.24) is 19.6 Å². The Hall–Kier alpha value is -3.91. The molecule has 2 aromatic heterocycles. The number of hydrogen-bond acceptors (Lipinski definition) is 5. The number of halogens is 2. The monoisotopic (exact) mass is 434 g/mol. The molecule has 31 heavy (non-hydrogen) atoms. The third-order valence-electron chi connectivity index (χ3n) is 4.39. The van der Waals surface area contributed by atoms with Gasteiger partial charge in [-0.2, -0.15) is 10.2 Å². The quantitative estimate of drug-likeness (QED) is 0.457. The maximum Gasteiger partial charge on any atom is 0.209 e. The fourth-order valence-electron chi connectivity index (χ4n) is 2.96. The van der Waals surface area contributed by atoms with Crippen LogP contribution in [0, 0.1) is 11.2 Å². The van der Waals surface area contributed by atoms with Gasteiger partial charge in [-0.05, 0) is 24.3 Å². The van der Waals surface area contributed by atoms with Crippen LogP contribution >= 0.6 is 11.6 Å². The number of benzene rings is 2. The van der Waals surface area contributed by atoms with Crippen molar-refractivity contribution in [3.63, 3.8) is 0 Å². The zero-order chi connectivity index (χ0) is 21.8. The molecule has 0 aliphatic carbocycles. The zero-order valence-electron chi connectivity index (χ0n) is 16.1. The van der Waals surface area contributed by atoms with Crippen molar-refractivity contribution in [3.8, 4) is 11.4 Å². The van der Waals surface area contributed by atoms with Gasteiger partial charge in [0.05, 0.1) is 28.3 Å². The van der Waals surface area contributed by atoms with Gasteiger partial charge < -0.3 is 5.41 Å². The fourth-order valence-corrected chi connectivity index (χ4v) is 3.09. The maximum atomic E-state index is 14.9. The Morgan fingerprint density at radius 1 is 1.16 bits per heavy atom. The summed E-state index contributed by atoms with van der Waals surface area (Å²) in [5.41, 5.74) is 1.28. The number of nitrogens with zero attached hydrogens (tertiary/aromatic N) is 5. The van der Waals surface area contributed by atoms with Gasteiger partial charge in [0, 0.05) is 37.2 Å². The average Bonchev–Trinajstić information content (AvgIpc) is 3.21. The van der Waals surface area contributed by atoms with Crippen LogP contribution in [0.4, 0.5) is 10.1 Å². The molecule has 0 unspecified atom stereocenters. The van der Waals surface area contributed by atoms with Gasteiger partial charge in [0.15, 0.2) is 11.5 Å². The fraction of sp³-hybridized carbons (Fsp3) is 0.0455. The lowest BCUT2D eigenvalue weighted by Crippen LogP contribution is -2.22. The summed E-state index contributed by atoms with van der Waals surface area (Å²) in [6.07, 6.45) is 5.67. The number of hydrogen-bond donors (Lipinski definition) is 1. The maximum absolute atomic E-state index is 14.9. The molecule has 9 heteroatoms. The second kappa shape index (κ2) is 8.85. The van der Waals surface area contributed by atoms with Crippen molar-refractivity contribution in [2.45, 2.75) is 6.42 Å². The molecule has 154 valence electrons. The molecule has 0 fully saturated rings. The zero-order valence-corrected chi connectivity index (χ0v) is 16.9. The number of nitrogens with one attached hydrogen (secondary N) is 1. The lowest BCUT2D eigenvalue weighted by molar-refractivity contribution is 0.606. The Balaban J connectivity index is 1.76. The van der Waals surface area contributed by atoms with Crippen molar-refractivity contribution < 1.29 is 4.39 Å². The number of aliphatic imine (C=N–C) groups is 1. The van der Waals surface area contributed by atoms with E-state index in [1.807, 2.05) is 18.2 Å². The van der Waals surface area contributed by atoms with Gasteiger partial charge in [0.25, 0.3) is 0 Å². The SMILES string of the molecule is N=CCC(=Nc1ccccc1)c1nn(-c2ccc(-n3cc(Cl)cn3)cc2F)ccc1=O.